The first-order valence-electron chi connectivity index (χ1n) is 10.7. The molecular formula is C30H22N2O2. The second-order valence-corrected chi connectivity index (χ2v) is 7.56. The Morgan fingerprint density at radius 1 is 0.618 bits per heavy atom. The van der Waals surface area contributed by atoms with Crippen LogP contribution in [0.15, 0.2) is 97.1 Å². The molecule has 34 heavy (non-hydrogen) atoms. The molecule has 164 valence electrons. The van der Waals surface area contributed by atoms with Crippen LogP contribution in [0.2, 0.25) is 0 Å². The normalized spacial score (nSPS) is 11.1. The molecule has 0 saturated carbocycles. The van der Waals surface area contributed by atoms with Crippen LogP contribution in [-0.2, 0) is 0 Å². The van der Waals surface area contributed by atoms with Crippen molar-refractivity contribution in [3.8, 4) is 39.8 Å². The van der Waals surface area contributed by atoms with Gasteiger partial charge in [-0.05, 0) is 57.6 Å². The van der Waals surface area contributed by atoms with Crippen LogP contribution < -0.4 is 9.47 Å². The second-order valence-electron chi connectivity index (χ2n) is 7.56. The van der Waals surface area contributed by atoms with Crippen LogP contribution >= 0.6 is 0 Å². The highest BCUT2D eigenvalue weighted by atomic mass is 16.5. The third kappa shape index (κ3) is 4.67. The highest BCUT2D eigenvalue weighted by Crippen LogP contribution is 2.31. The summed E-state index contributed by atoms with van der Waals surface area (Å²) in [6.07, 6.45) is 0. The van der Waals surface area contributed by atoms with Gasteiger partial charge in [-0.15, -0.1) is 0 Å². The minimum atomic E-state index is 0.334. The summed E-state index contributed by atoms with van der Waals surface area (Å²) in [4.78, 5) is 3.71. The quantitative estimate of drug-likeness (QED) is 0.178. The summed E-state index contributed by atoms with van der Waals surface area (Å²) in [6, 6.07) is 33.2. The number of nitrogens with zero attached hydrogens (tertiary/aromatic N) is 2. The molecule has 4 rings (SSSR count). The first-order valence-corrected chi connectivity index (χ1v) is 10.7. The summed E-state index contributed by atoms with van der Waals surface area (Å²) >= 11 is 0. The Kier molecular flexibility index (Phi) is 6.73. The standard InChI is InChI=1S/C30H22N2O2/c1-32-30(26-10-6-22(7-11-26)24-14-18-28(34-3)19-15-24)29(20-31)25-8-4-21(5-9-25)23-12-16-27(33-2)17-13-23/h4-19H,2-3H3/b30-29-. The predicted molar refractivity (Wildman–Crippen MR) is 136 cm³/mol. The Labute approximate surface area is 199 Å². The van der Waals surface area contributed by atoms with Gasteiger partial charge in [0.25, 0.3) is 0 Å². The fraction of sp³-hybridized carbons (Fsp3) is 0.0667. The monoisotopic (exact) mass is 442 g/mol. The fourth-order valence-corrected chi connectivity index (χ4v) is 3.74. The summed E-state index contributed by atoms with van der Waals surface area (Å²) in [6.45, 7) is 7.75. The third-order valence-electron chi connectivity index (χ3n) is 5.64. The zero-order valence-electron chi connectivity index (χ0n) is 18.9. The summed E-state index contributed by atoms with van der Waals surface area (Å²) in [7, 11) is 3.28. The average Bonchev–Trinajstić information content (AvgIpc) is 2.92. The maximum Gasteiger partial charge on any atom is 0.212 e. The van der Waals surface area contributed by atoms with Gasteiger partial charge in [0.15, 0.2) is 0 Å². The Morgan fingerprint density at radius 3 is 1.29 bits per heavy atom. The molecule has 0 aliphatic carbocycles. The van der Waals surface area contributed by atoms with Gasteiger partial charge in [-0.1, -0.05) is 72.8 Å². The lowest BCUT2D eigenvalue weighted by atomic mass is 9.96. The van der Waals surface area contributed by atoms with Crippen molar-refractivity contribution in [2.45, 2.75) is 0 Å². The van der Waals surface area contributed by atoms with Crippen molar-refractivity contribution in [1.82, 2.24) is 0 Å². The molecule has 0 aromatic heterocycles. The molecule has 0 bridgehead atoms. The Hall–Kier alpha value is -4.80. The molecule has 0 fully saturated rings. The van der Waals surface area contributed by atoms with Gasteiger partial charge < -0.3 is 9.47 Å². The lowest BCUT2D eigenvalue weighted by molar-refractivity contribution is 0.415. The summed E-state index contributed by atoms with van der Waals surface area (Å²) in [5.74, 6) is 1.60. The van der Waals surface area contributed by atoms with Gasteiger partial charge in [-0.25, -0.2) is 4.85 Å². The van der Waals surface area contributed by atoms with Crippen LogP contribution in [0.4, 0.5) is 0 Å². The number of benzene rings is 4. The van der Waals surface area contributed by atoms with Crippen LogP contribution in [-0.4, -0.2) is 14.2 Å². The smallest absolute Gasteiger partial charge is 0.212 e. The molecule has 0 aliphatic rings. The van der Waals surface area contributed by atoms with Gasteiger partial charge in [0.1, 0.15) is 11.5 Å². The van der Waals surface area contributed by atoms with Crippen LogP contribution in [0.1, 0.15) is 11.1 Å². The summed E-state index contributed by atoms with van der Waals surface area (Å²) in [5.41, 5.74) is 6.27. The van der Waals surface area contributed by atoms with Gasteiger partial charge >= 0.3 is 0 Å². The van der Waals surface area contributed by atoms with E-state index in [9.17, 15) is 5.26 Å². The number of ether oxygens (including phenoxy) is 2. The first-order chi connectivity index (χ1) is 16.7. The van der Waals surface area contributed by atoms with Crippen molar-refractivity contribution in [3.05, 3.63) is 120 Å². The molecular weight excluding hydrogens is 420 g/mol. The first kappa shape index (κ1) is 22.4. The van der Waals surface area contributed by atoms with Gasteiger partial charge in [0.2, 0.25) is 5.70 Å². The van der Waals surface area contributed by atoms with Crippen LogP contribution in [0.3, 0.4) is 0 Å². The lowest BCUT2D eigenvalue weighted by Crippen LogP contribution is -1.89. The number of hydrogen-bond donors (Lipinski definition) is 0. The van der Waals surface area contributed by atoms with E-state index >= 15 is 0 Å². The zero-order chi connectivity index (χ0) is 23.9. The molecule has 4 aromatic carbocycles. The molecule has 4 aromatic rings. The molecule has 0 N–H and O–H groups in total. The van der Waals surface area contributed by atoms with Crippen molar-refractivity contribution in [2.75, 3.05) is 14.2 Å². The Balaban J connectivity index is 1.64. The molecule has 0 aliphatic heterocycles. The highest BCUT2D eigenvalue weighted by molar-refractivity contribution is 6.00. The minimum absolute atomic E-state index is 0.334. The topological polar surface area (TPSA) is 46.6 Å². The summed E-state index contributed by atoms with van der Waals surface area (Å²) < 4.78 is 10.4. The van der Waals surface area contributed by atoms with E-state index in [1.54, 1.807) is 14.2 Å². The Morgan fingerprint density at radius 2 is 0.971 bits per heavy atom. The molecule has 0 atom stereocenters. The van der Waals surface area contributed by atoms with E-state index in [4.69, 9.17) is 16.0 Å². The number of allylic oxidation sites excluding steroid dienone is 1. The van der Waals surface area contributed by atoms with Crippen LogP contribution in [0, 0.1) is 17.9 Å². The van der Waals surface area contributed by atoms with Crippen molar-refractivity contribution in [1.29, 1.82) is 5.26 Å². The molecule has 0 amide bonds. The van der Waals surface area contributed by atoms with Gasteiger partial charge in [-0.3, -0.25) is 0 Å². The lowest BCUT2D eigenvalue weighted by Gasteiger charge is -2.08. The summed E-state index contributed by atoms with van der Waals surface area (Å²) in [5, 5.41) is 9.89. The maximum atomic E-state index is 9.89. The number of nitriles is 1. The zero-order valence-corrected chi connectivity index (χ0v) is 18.9. The number of hydrogen-bond acceptors (Lipinski definition) is 3. The van der Waals surface area contributed by atoms with Crippen molar-refractivity contribution in [3.63, 3.8) is 0 Å². The van der Waals surface area contributed by atoms with Crippen molar-refractivity contribution >= 4 is 11.3 Å². The highest BCUT2D eigenvalue weighted by Gasteiger charge is 2.13. The fourth-order valence-electron chi connectivity index (χ4n) is 3.74. The van der Waals surface area contributed by atoms with E-state index in [-0.39, 0.29) is 0 Å². The van der Waals surface area contributed by atoms with Crippen molar-refractivity contribution in [2.24, 2.45) is 0 Å². The maximum absolute atomic E-state index is 9.89. The number of rotatable bonds is 6. The molecule has 0 heterocycles. The van der Waals surface area contributed by atoms with E-state index in [2.05, 4.69) is 10.9 Å². The van der Waals surface area contributed by atoms with Crippen molar-refractivity contribution < 1.29 is 9.47 Å². The molecule has 4 heteroatoms. The van der Waals surface area contributed by atoms with E-state index < -0.39 is 0 Å². The van der Waals surface area contributed by atoms with Gasteiger partial charge in [0, 0.05) is 0 Å². The predicted octanol–water partition coefficient (Wildman–Crippen LogP) is 7.35. The molecule has 0 spiro atoms. The Bertz CT molecular complexity index is 1280. The van der Waals surface area contributed by atoms with Gasteiger partial charge in [-0.2, -0.15) is 5.26 Å². The van der Waals surface area contributed by atoms with Crippen LogP contribution in [0.5, 0.6) is 11.5 Å². The van der Waals surface area contributed by atoms with E-state index in [1.165, 1.54) is 0 Å². The second kappa shape index (κ2) is 10.2. The molecule has 4 nitrogen and oxygen atoms in total. The molecule has 0 radical (unpaired) electrons. The van der Waals surface area contributed by atoms with Crippen LogP contribution in [0.25, 0.3) is 38.4 Å². The van der Waals surface area contributed by atoms with E-state index in [0.717, 1.165) is 33.8 Å². The third-order valence-corrected chi connectivity index (χ3v) is 5.64. The number of methoxy groups -OCH3 is 2. The van der Waals surface area contributed by atoms with E-state index in [1.807, 2.05) is 97.1 Å². The minimum Gasteiger partial charge on any atom is -0.497 e. The largest absolute Gasteiger partial charge is 0.497 e. The van der Waals surface area contributed by atoms with Gasteiger partial charge in [0.05, 0.1) is 32.4 Å². The van der Waals surface area contributed by atoms with E-state index in [0.29, 0.717) is 22.4 Å². The molecule has 0 saturated heterocycles. The molecule has 0 unspecified atom stereocenters. The average molecular weight is 443 g/mol. The SMILES string of the molecule is [C-]#[N+]/C(=C(/C#N)c1ccc(-c2ccc(OC)cc2)cc1)c1ccc(-c2ccc(OC)cc2)cc1.